The summed E-state index contributed by atoms with van der Waals surface area (Å²) in [6.45, 7) is 0.373. The molecule has 0 aliphatic rings. The Kier molecular flexibility index (Phi) is 6.38. The van der Waals surface area contributed by atoms with Crippen LogP contribution in [-0.2, 0) is 6.54 Å². The molecule has 0 fully saturated rings. The van der Waals surface area contributed by atoms with Gasteiger partial charge >= 0.3 is 0 Å². The number of benzene rings is 2. The van der Waals surface area contributed by atoms with E-state index in [0.717, 1.165) is 5.56 Å². The van der Waals surface area contributed by atoms with Gasteiger partial charge in [0.2, 0.25) is 0 Å². The minimum Gasteiger partial charge on any atom is -0.497 e. The molecule has 0 aliphatic heterocycles. The summed E-state index contributed by atoms with van der Waals surface area (Å²) in [5.41, 5.74) is 4.12. The van der Waals surface area contributed by atoms with Crippen LogP contribution in [-0.4, -0.2) is 41.0 Å². The molecule has 0 aliphatic carbocycles. The van der Waals surface area contributed by atoms with Gasteiger partial charge in [0.1, 0.15) is 11.5 Å². The highest BCUT2D eigenvalue weighted by molar-refractivity contribution is 5.93. The van der Waals surface area contributed by atoms with Gasteiger partial charge in [-0.3, -0.25) is 19.6 Å². The Morgan fingerprint density at radius 1 is 1.20 bits per heavy atom. The highest BCUT2D eigenvalue weighted by atomic mass is 16.6. The number of amides is 1. The van der Waals surface area contributed by atoms with Crippen LogP contribution in [0.3, 0.4) is 0 Å². The Hall–Kier alpha value is -4.21. The molecular formula is C20H19N5O5. The smallest absolute Gasteiger partial charge is 0.291 e. The molecule has 0 radical (unpaired) electrons. The first-order valence-electron chi connectivity index (χ1n) is 8.82. The number of nitrogens with one attached hydrogen (secondary N) is 1. The van der Waals surface area contributed by atoms with Crippen molar-refractivity contribution in [3.8, 4) is 11.5 Å². The number of carbonyl (C=O) groups excluding carboxylic acids is 1. The number of methoxy groups -OCH3 is 2. The predicted molar refractivity (Wildman–Crippen MR) is 109 cm³/mol. The molecule has 1 aromatic heterocycles. The monoisotopic (exact) mass is 409 g/mol. The number of ether oxygens (including phenoxy) is 2. The minimum atomic E-state index is -0.471. The van der Waals surface area contributed by atoms with E-state index in [1.165, 1.54) is 25.5 Å². The molecule has 0 atom stereocenters. The van der Waals surface area contributed by atoms with E-state index >= 15 is 0 Å². The Balaban J connectivity index is 1.61. The highest BCUT2D eigenvalue weighted by Gasteiger charge is 2.10. The number of nitrogens with zero attached hydrogens (tertiary/aromatic N) is 4. The van der Waals surface area contributed by atoms with Gasteiger partial charge in [0.15, 0.2) is 5.69 Å². The summed E-state index contributed by atoms with van der Waals surface area (Å²) in [6.07, 6.45) is 3.11. The molecule has 0 unspecified atom stereocenters. The number of hydrogen-bond donors (Lipinski definition) is 1. The van der Waals surface area contributed by atoms with Gasteiger partial charge in [-0.05, 0) is 23.8 Å². The molecule has 0 spiro atoms. The van der Waals surface area contributed by atoms with E-state index < -0.39 is 10.8 Å². The zero-order valence-corrected chi connectivity index (χ0v) is 16.3. The number of nitro benzene ring substituents is 1. The lowest BCUT2D eigenvalue weighted by atomic mass is 10.2. The van der Waals surface area contributed by atoms with Crippen molar-refractivity contribution in [2.45, 2.75) is 6.54 Å². The SMILES string of the molecule is COc1ccc(/C=N\NC(=O)c2ccn(Cc3ccc([N+](=O)[O-])cc3)n2)c(OC)c1. The number of hydrazone groups is 1. The van der Waals surface area contributed by atoms with E-state index in [1.807, 2.05) is 0 Å². The van der Waals surface area contributed by atoms with Gasteiger partial charge < -0.3 is 9.47 Å². The average Bonchev–Trinajstić information content (AvgIpc) is 3.22. The lowest BCUT2D eigenvalue weighted by molar-refractivity contribution is -0.384. The van der Waals surface area contributed by atoms with Crippen LogP contribution in [0.1, 0.15) is 21.6 Å². The van der Waals surface area contributed by atoms with Gasteiger partial charge in [-0.15, -0.1) is 0 Å². The molecule has 3 aromatic rings. The summed E-state index contributed by atoms with van der Waals surface area (Å²) >= 11 is 0. The van der Waals surface area contributed by atoms with Gasteiger partial charge in [0, 0.05) is 30.0 Å². The van der Waals surface area contributed by atoms with Gasteiger partial charge in [0.25, 0.3) is 11.6 Å². The fourth-order valence-corrected chi connectivity index (χ4v) is 2.62. The zero-order valence-electron chi connectivity index (χ0n) is 16.3. The third kappa shape index (κ3) is 4.98. The molecule has 154 valence electrons. The molecule has 1 N–H and O–H groups in total. The van der Waals surface area contributed by atoms with Crippen LogP contribution in [0.25, 0.3) is 0 Å². The molecule has 0 saturated carbocycles. The van der Waals surface area contributed by atoms with E-state index in [-0.39, 0.29) is 11.4 Å². The summed E-state index contributed by atoms with van der Waals surface area (Å²) in [5.74, 6) is 0.729. The number of hydrogen-bond acceptors (Lipinski definition) is 7. The van der Waals surface area contributed by atoms with Crippen LogP contribution in [0, 0.1) is 10.1 Å². The minimum absolute atomic E-state index is 0.0191. The summed E-state index contributed by atoms with van der Waals surface area (Å²) in [4.78, 5) is 22.5. The van der Waals surface area contributed by atoms with Gasteiger partial charge in [-0.2, -0.15) is 10.2 Å². The van der Waals surface area contributed by atoms with Crippen LogP contribution < -0.4 is 14.9 Å². The standard InChI is InChI=1S/C20H19N5O5/c1-29-17-8-5-15(19(11-17)30-2)12-21-22-20(26)18-9-10-24(23-18)13-14-3-6-16(7-4-14)25(27)28/h3-12H,13H2,1-2H3,(H,22,26)/b21-12-. The second-order valence-electron chi connectivity index (χ2n) is 6.13. The Labute approximate surface area is 171 Å². The normalized spacial score (nSPS) is 10.7. The maximum absolute atomic E-state index is 12.2. The van der Waals surface area contributed by atoms with E-state index in [0.29, 0.717) is 23.6 Å². The van der Waals surface area contributed by atoms with Crippen molar-refractivity contribution in [3.63, 3.8) is 0 Å². The summed E-state index contributed by atoms with van der Waals surface area (Å²) in [5, 5.41) is 18.9. The number of aromatic nitrogens is 2. The summed E-state index contributed by atoms with van der Waals surface area (Å²) in [6, 6.07) is 12.9. The predicted octanol–water partition coefficient (Wildman–Crippen LogP) is 2.62. The van der Waals surface area contributed by atoms with Crippen LogP contribution in [0.15, 0.2) is 59.8 Å². The lowest BCUT2D eigenvalue weighted by Gasteiger charge is -2.06. The summed E-state index contributed by atoms with van der Waals surface area (Å²) in [7, 11) is 3.09. The molecule has 10 nitrogen and oxygen atoms in total. The number of carbonyl (C=O) groups is 1. The molecule has 1 amide bonds. The van der Waals surface area contributed by atoms with Crippen molar-refractivity contribution in [2.75, 3.05) is 14.2 Å². The molecule has 0 bridgehead atoms. The Morgan fingerprint density at radius 2 is 1.97 bits per heavy atom. The van der Waals surface area contributed by atoms with Crippen LogP contribution >= 0.6 is 0 Å². The molecule has 1 heterocycles. The first-order chi connectivity index (χ1) is 14.5. The fraction of sp³-hybridized carbons (Fsp3) is 0.150. The van der Waals surface area contributed by atoms with Gasteiger partial charge in [-0.25, -0.2) is 5.43 Å². The van der Waals surface area contributed by atoms with E-state index in [4.69, 9.17) is 9.47 Å². The van der Waals surface area contributed by atoms with E-state index in [2.05, 4.69) is 15.6 Å². The van der Waals surface area contributed by atoms with Crippen molar-refractivity contribution in [1.29, 1.82) is 0 Å². The fourth-order valence-electron chi connectivity index (χ4n) is 2.62. The third-order valence-electron chi connectivity index (χ3n) is 4.18. The maximum atomic E-state index is 12.2. The number of rotatable bonds is 8. The van der Waals surface area contributed by atoms with Crippen molar-refractivity contribution >= 4 is 17.8 Å². The van der Waals surface area contributed by atoms with Crippen molar-refractivity contribution in [1.82, 2.24) is 15.2 Å². The first-order valence-corrected chi connectivity index (χ1v) is 8.82. The zero-order chi connectivity index (χ0) is 21.5. The molecule has 10 heteroatoms. The second kappa shape index (κ2) is 9.32. The molecular weight excluding hydrogens is 390 g/mol. The number of non-ortho nitro benzene ring substituents is 1. The van der Waals surface area contributed by atoms with Crippen LogP contribution in [0.4, 0.5) is 5.69 Å². The number of nitro groups is 1. The van der Waals surface area contributed by atoms with Crippen molar-refractivity contribution in [3.05, 3.63) is 81.7 Å². The van der Waals surface area contributed by atoms with Crippen LogP contribution in [0.5, 0.6) is 11.5 Å². The Bertz CT molecular complexity index is 1080. The van der Waals surface area contributed by atoms with Crippen LogP contribution in [0.2, 0.25) is 0 Å². The maximum Gasteiger partial charge on any atom is 0.291 e. The van der Waals surface area contributed by atoms with Gasteiger partial charge in [0.05, 0.1) is 31.9 Å². The Morgan fingerprint density at radius 3 is 2.63 bits per heavy atom. The van der Waals surface area contributed by atoms with Gasteiger partial charge in [-0.1, -0.05) is 12.1 Å². The van der Waals surface area contributed by atoms with Crippen molar-refractivity contribution < 1.29 is 19.2 Å². The highest BCUT2D eigenvalue weighted by Crippen LogP contribution is 2.23. The van der Waals surface area contributed by atoms with E-state index in [9.17, 15) is 14.9 Å². The topological polar surface area (TPSA) is 121 Å². The second-order valence-corrected chi connectivity index (χ2v) is 6.13. The van der Waals surface area contributed by atoms with Crippen molar-refractivity contribution in [2.24, 2.45) is 5.10 Å². The summed E-state index contributed by atoms with van der Waals surface area (Å²) < 4.78 is 12.0. The molecule has 2 aromatic carbocycles. The quantitative estimate of drug-likeness (QED) is 0.347. The molecule has 0 saturated heterocycles. The largest absolute Gasteiger partial charge is 0.497 e. The molecule has 3 rings (SSSR count). The van der Waals surface area contributed by atoms with E-state index in [1.54, 1.807) is 54.4 Å². The first kappa shape index (κ1) is 20.5. The molecule has 30 heavy (non-hydrogen) atoms. The third-order valence-corrected chi connectivity index (χ3v) is 4.18. The lowest BCUT2D eigenvalue weighted by Crippen LogP contribution is -2.18. The average molecular weight is 409 g/mol.